The minimum Gasteiger partial charge on any atom is -0.489 e. The van der Waals surface area contributed by atoms with Gasteiger partial charge in [0, 0.05) is 0 Å². The molecule has 5 nitrogen and oxygen atoms in total. The van der Waals surface area contributed by atoms with Gasteiger partial charge in [-0.3, -0.25) is 0 Å². The van der Waals surface area contributed by atoms with Crippen LogP contribution in [0.4, 0.5) is 4.79 Å². The summed E-state index contributed by atoms with van der Waals surface area (Å²) in [7, 11) is 0. The molecule has 2 rings (SSSR count). The molecule has 0 saturated carbocycles. The molecule has 0 atom stereocenters. The van der Waals surface area contributed by atoms with Crippen molar-refractivity contribution in [3.05, 3.63) is 65.7 Å². The van der Waals surface area contributed by atoms with E-state index in [9.17, 15) is 4.79 Å². The fourth-order valence-corrected chi connectivity index (χ4v) is 1.93. The van der Waals surface area contributed by atoms with Crippen LogP contribution in [-0.4, -0.2) is 11.7 Å². The Morgan fingerprint density at radius 1 is 1.00 bits per heavy atom. The van der Waals surface area contributed by atoms with Gasteiger partial charge in [-0.2, -0.15) is 0 Å². The van der Waals surface area contributed by atoms with Crippen molar-refractivity contribution in [3.63, 3.8) is 0 Å². The first-order chi connectivity index (χ1) is 11.4. The number of hydrogen-bond donors (Lipinski definition) is 1. The molecular formula is C19H23N2O3. The fraction of sp³-hybridized carbons (Fsp3) is 0.316. The third-order valence-corrected chi connectivity index (χ3v) is 3.00. The third-order valence-electron chi connectivity index (χ3n) is 3.00. The lowest BCUT2D eigenvalue weighted by Gasteiger charge is -2.19. The molecule has 0 aliphatic carbocycles. The summed E-state index contributed by atoms with van der Waals surface area (Å²) >= 11 is 0. The zero-order chi connectivity index (χ0) is 17.4. The van der Waals surface area contributed by atoms with Crippen molar-refractivity contribution in [2.75, 3.05) is 0 Å². The highest BCUT2D eigenvalue weighted by Crippen LogP contribution is 2.14. The first-order valence-electron chi connectivity index (χ1n) is 7.83. The van der Waals surface area contributed by atoms with Crippen LogP contribution >= 0.6 is 0 Å². The standard InChI is InChI=1S/C19H23N2O3/c1-19(2,3)24-18(22)21-20-13-15-9-11-17(12-10-15)23-14-16-7-5-4-6-8-16/h4-12H,13-14H2,1-3H3,(H,21,22). The summed E-state index contributed by atoms with van der Waals surface area (Å²) in [6.45, 7) is 6.32. The van der Waals surface area contributed by atoms with Crippen LogP contribution in [0.5, 0.6) is 5.75 Å². The highest BCUT2D eigenvalue weighted by Gasteiger charge is 2.15. The normalized spacial score (nSPS) is 11.0. The maximum absolute atomic E-state index is 11.5. The third kappa shape index (κ3) is 6.71. The molecule has 0 saturated heterocycles. The summed E-state index contributed by atoms with van der Waals surface area (Å²) in [5.74, 6) is 0.794. The minimum atomic E-state index is -0.551. The largest absolute Gasteiger partial charge is 0.489 e. The van der Waals surface area contributed by atoms with Gasteiger partial charge in [-0.25, -0.2) is 10.2 Å². The molecule has 2 aromatic rings. The molecular weight excluding hydrogens is 304 g/mol. The van der Waals surface area contributed by atoms with Crippen LogP contribution in [0, 0.1) is 0 Å². The predicted octanol–water partition coefficient (Wildman–Crippen LogP) is 3.81. The Bertz CT molecular complexity index is 634. The van der Waals surface area contributed by atoms with Gasteiger partial charge in [0.05, 0.1) is 6.54 Å². The summed E-state index contributed by atoms with van der Waals surface area (Å²) in [6, 6.07) is 17.6. The molecule has 1 radical (unpaired) electrons. The van der Waals surface area contributed by atoms with E-state index in [1.165, 1.54) is 0 Å². The van der Waals surface area contributed by atoms with Crippen LogP contribution in [0.25, 0.3) is 0 Å². The van der Waals surface area contributed by atoms with Crippen LogP contribution in [0.2, 0.25) is 0 Å². The van der Waals surface area contributed by atoms with Crippen LogP contribution in [0.3, 0.4) is 0 Å². The minimum absolute atomic E-state index is 0.373. The average Bonchev–Trinajstić information content (AvgIpc) is 2.53. The Labute approximate surface area is 143 Å². The van der Waals surface area contributed by atoms with E-state index in [0.717, 1.165) is 16.9 Å². The Morgan fingerprint density at radius 3 is 2.29 bits per heavy atom. The predicted molar refractivity (Wildman–Crippen MR) is 92.4 cm³/mol. The topological polar surface area (TPSA) is 61.7 Å². The van der Waals surface area contributed by atoms with Gasteiger partial charge in [0.25, 0.3) is 0 Å². The smallest absolute Gasteiger partial charge is 0.423 e. The number of carbonyl (C=O) groups excluding carboxylic acids is 1. The van der Waals surface area contributed by atoms with E-state index in [0.29, 0.717) is 13.2 Å². The summed E-state index contributed by atoms with van der Waals surface area (Å²) in [6.07, 6.45) is -0.551. The quantitative estimate of drug-likeness (QED) is 0.821. The van der Waals surface area contributed by atoms with Gasteiger partial charge >= 0.3 is 6.09 Å². The lowest BCUT2D eigenvalue weighted by atomic mass is 10.2. The molecule has 5 heteroatoms. The second-order valence-electron chi connectivity index (χ2n) is 6.35. The molecule has 0 spiro atoms. The molecule has 0 aliphatic heterocycles. The van der Waals surface area contributed by atoms with Crippen molar-refractivity contribution in [1.82, 2.24) is 10.9 Å². The Balaban J connectivity index is 1.73. The lowest BCUT2D eigenvalue weighted by Crippen LogP contribution is -2.36. The van der Waals surface area contributed by atoms with Gasteiger partial charge in [0.2, 0.25) is 0 Å². The number of carbonyl (C=O) groups is 1. The maximum atomic E-state index is 11.5. The van der Waals surface area contributed by atoms with Gasteiger partial charge in [-0.1, -0.05) is 42.5 Å². The van der Waals surface area contributed by atoms with Gasteiger partial charge < -0.3 is 9.47 Å². The first-order valence-corrected chi connectivity index (χ1v) is 7.83. The molecule has 24 heavy (non-hydrogen) atoms. The van der Waals surface area contributed by atoms with Crippen molar-refractivity contribution < 1.29 is 14.3 Å². The second kappa shape index (κ2) is 8.36. The molecule has 0 unspecified atom stereocenters. The lowest BCUT2D eigenvalue weighted by molar-refractivity contribution is 0.0493. The van der Waals surface area contributed by atoms with Crippen molar-refractivity contribution in [2.45, 2.75) is 39.5 Å². The first kappa shape index (κ1) is 17.8. The number of nitrogens with one attached hydrogen (secondary N) is 1. The summed E-state index contributed by atoms with van der Waals surface area (Å²) in [4.78, 5) is 11.5. The number of nitrogens with zero attached hydrogens (tertiary/aromatic N) is 1. The number of ether oxygens (including phenoxy) is 2. The van der Waals surface area contributed by atoms with E-state index in [1.54, 1.807) is 20.8 Å². The van der Waals surface area contributed by atoms with E-state index >= 15 is 0 Å². The van der Waals surface area contributed by atoms with E-state index in [2.05, 4.69) is 10.9 Å². The number of amides is 1. The molecule has 0 heterocycles. The number of benzene rings is 2. The highest BCUT2D eigenvalue weighted by molar-refractivity contribution is 5.66. The van der Waals surface area contributed by atoms with E-state index in [4.69, 9.17) is 9.47 Å². The average molecular weight is 327 g/mol. The van der Waals surface area contributed by atoms with Crippen molar-refractivity contribution in [1.29, 1.82) is 0 Å². The maximum Gasteiger partial charge on any atom is 0.423 e. The molecule has 0 aromatic heterocycles. The molecule has 0 fully saturated rings. The fourth-order valence-electron chi connectivity index (χ4n) is 1.93. The van der Waals surface area contributed by atoms with Crippen molar-refractivity contribution >= 4 is 6.09 Å². The molecule has 2 aromatic carbocycles. The van der Waals surface area contributed by atoms with E-state index in [1.807, 2.05) is 54.6 Å². The SMILES string of the molecule is CC(C)(C)OC(=O)N[N]Cc1ccc(OCc2ccccc2)cc1. The van der Waals surface area contributed by atoms with Gasteiger partial charge in [-0.15, -0.1) is 5.43 Å². The Hall–Kier alpha value is -2.53. The van der Waals surface area contributed by atoms with E-state index in [-0.39, 0.29) is 0 Å². The summed E-state index contributed by atoms with van der Waals surface area (Å²) in [5.41, 5.74) is 7.93. The molecule has 127 valence electrons. The van der Waals surface area contributed by atoms with E-state index < -0.39 is 11.7 Å². The zero-order valence-electron chi connectivity index (χ0n) is 14.3. The number of rotatable bonds is 6. The molecule has 1 N–H and O–H groups in total. The molecule has 1 amide bonds. The van der Waals surface area contributed by atoms with Crippen LogP contribution < -0.4 is 15.6 Å². The van der Waals surface area contributed by atoms with Gasteiger partial charge in [0.1, 0.15) is 18.0 Å². The molecule has 0 bridgehead atoms. The molecule has 0 aliphatic rings. The highest BCUT2D eigenvalue weighted by atomic mass is 16.6. The summed E-state index contributed by atoms with van der Waals surface area (Å²) in [5, 5.41) is 0. The second-order valence-corrected chi connectivity index (χ2v) is 6.35. The van der Waals surface area contributed by atoms with Gasteiger partial charge in [0.15, 0.2) is 0 Å². The van der Waals surface area contributed by atoms with Crippen LogP contribution in [-0.2, 0) is 17.9 Å². The van der Waals surface area contributed by atoms with Crippen molar-refractivity contribution in [3.8, 4) is 5.75 Å². The van der Waals surface area contributed by atoms with Gasteiger partial charge in [-0.05, 0) is 44.0 Å². The van der Waals surface area contributed by atoms with Crippen LogP contribution in [0.1, 0.15) is 31.9 Å². The monoisotopic (exact) mass is 327 g/mol. The number of hydrogen-bond acceptors (Lipinski definition) is 3. The van der Waals surface area contributed by atoms with Crippen LogP contribution in [0.15, 0.2) is 54.6 Å². The van der Waals surface area contributed by atoms with Crippen molar-refractivity contribution in [2.24, 2.45) is 0 Å². The summed E-state index contributed by atoms with van der Waals surface area (Å²) < 4.78 is 10.8. The zero-order valence-corrected chi connectivity index (χ0v) is 14.3. The Kier molecular flexibility index (Phi) is 6.21. The Morgan fingerprint density at radius 2 is 1.67 bits per heavy atom.